The summed E-state index contributed by atoms with van der Waals surface area (Å²) >= 11 is 0. The van der Waals surface area contributed by atoms with Crippen LogP contribution in [0.25, 0.3) is 0 Å². The number of allylic oxidation sites excluding steroid dienone is 4. The Kier molecular flexibility index (Phi) is 3.14. The second-order valence-corrected chi connectivity index (χ2v) is 4.38. The van der Waals surface area contributed by atoms with Crippen molar-refractivity contribution in [2.24, 2.45) is 11.3 Å². The van der Waals surface area contributed by atoms with Crippen LogP contribution in [0.15, 0.2) is 23.8 Å². The molecule has 0 spiro atoms. The minimum atomic E-state index is -0.465. The average molecular weight is 194 g/mol. The molecular weight excluding hydrogens is 176 g/mol. The molecule has 1 aliphatic rings. The van der Waals surface area contributed by atoms with Gasteiger partial charge in [0.2, 0.25) is 0 Å². The number of ether oxygens (including phenoxy) is 1. The van der Waals surface area contributed by atoms with Gasteiger partial charge in [-0.05, 0) is 27.2 Å². The first-order valence-electron chi connectivity index (χ1n) is 4.91. The lowest BCUT2D eigenvalue weighted by molar-refractivity contribution is -0.152. The highest BCUT2D eigenvalue weighted by Gasteiger charge is 2.35. The summed E-state index contributed by atoms with van der Waals surface area (Å²) in [4.78, 5) is 11.6. The molecule has 0 bridgehead atoms. The van der Waals surface area contributed by atoms with Crippen LogP contribution in [-0.4, -0.2) is 13.1 Å². The number of carbonyl (C=O) groups excluding carboxylic acids is 1. The fraction of sp³-hybridized carbons (Fsp3) is 0.583. The van der Waals surface area contributed by atoms with Crippen LogP contribution in [0.3, 0.4) is 0 Å². The van der Waals surface area contributed by atoms with Gasteiger partial charge in [-0.1, -0.05) is 23.8 Å². The van der Waals surface area contributed by atoms with Crippen LogP contribution >= 0.6 is 0 Å². The van der Waals surface area contributed by atoms with Crippen molar-refractivity contribution >= 4 is 5.97 Å². The molecule has 0 amide bonds. The normalized spacial score (nSPS) is 21.7. The van der Waals surface area contributed by atoms with Gasteiger partial charge < -0.3 is 4.74 Å². The van der Waals surface area contributed by atoms with Crippen molar-refractivity contribution in [2.45, 2.75) is 27.2 Å². The molecule has 1 atom stereocenters. The maximum absolute atomic E-state index is 11.6. The van der Waals surface area contributed by atoms with Crippen LogP contribution in [-0.2, 0) is 9.53 Å². The first-order valence-corrected chi connectivity index (χ1v) is 4.91. The summed E-state index contributed by atoms with van der Waals surface area (Å²) in [6, 6.07) is 0. The molecule has 78 valence electrons. The van der Waals surface area contributed by atoms with Crippen molar-refractivity contribution in [1.29, 1.82) is 0 Å². The molecule has 0 radical (unpaired) electrons. The van der Waals surface area contributed by atoms with Crippen molar-refractivity contribution in [3.63, 3.8) is 0 Å². The van der Waals surface area contributed by atoms with Crippen molar-refractivity contribution in [1.82, 2.24) is 0 Å². The number of hydrogen-bond donors (Lipinski definition) is 0. The summed E-state index contributed by atoms with van der Waals surface area (Å²) in [7, 11) is 1.44. The third-order valence-corrected chi connectivity index (χ3v) is 2.79. The van der Waals surface area contributed by atoms with E-state index in [0.717, 1.165) is 6.42 Å². The lowest BCUT2D eigenvalue weighted by Crippen LogP contribution is -2.32. The summed E-state index contributed by atoms with van der Waals surface area (Å²) in [5.41, 5.74) is 0.849. The molecule has 0 fully saturated rings. The van der Waals surface area contributed by atoms with E-state index in [2.05, 4.69) is 25.2 Å². The minimum absolute atomic E-state index is 0.155. The third kappa shape index (κ3) is 2.06. The summed E-state index contributed by atoms with van der Waals surface area (Å²) in [5, 5.41) is 0. The number of methoxy groups -OCH3 is 1. The van der Waals surface area contributed by atoms with Crippen molar-refractivity contribution in [3.05, 3.63) is 23.8 Å². The molecule has 1 rings (SSSR count). The molecule has 1 aliphatic carbocycles. The monoisotopic (exact) mass is 194 g/mol. The highest BCUT2D eigenvalue weighted by atomic mass is 16.5. The van der Waals surface area contributed by atoms with Crippen LogP contribution in [0.1, 0.15) is 27.2 Å². The first-order chi connectivity index (χ1) is 6.48. The van der Waals surface area contributed by atoms with E-state index in [1.807, 2.05) is 13.8 Å². The van der Waals surface area contributed by atoms with Gasteiger partial charge in [0.25, 0.3) is 0 Å². The number of rotatable bonds is 2. The zero-order chi connectivity index (χ0) is 10.8. The van der Waals surface area contributed by atoms with E-state index in [1.165, 1.54) is 12.7 Å². The van der Waals surface area contributed by atoms with Gasteiger partial charge in [0.15, 0.2) is 0 Å². The largest absolute Gasteiger partial charge is 0.469 e. The molecule has 0 aromatic carbocycles. The van der Waals surface area contributed by atoms with Crippen molar-refractivity contribution in [3.8, 4) is 0 Å². The summed E-state index contributed by atoms with van der Waals surface area (Å²) in [5.74, 6) is 0.00167. The first kappa shape index (κ1) is 11.0. The molecule has 0 aliphatic heterocycles. The van der Waals surface area contributed by atoms with E-state index < -0.39 is 5.41 Å². The Balaban J connectivity index is 2.87. The number of esters is 1. The quantitative estimate of drug-likeness (QED) is 0.499. The number of carbonyl (C=O) groups is 1. The second kappa shape index (κ2) is 3.99. The molecule has 0 saturated carbocycles. The highest BCUT2D eigenvalue weighted by molar-refractivity contribution is 5.77. The van der Waals surface area contributed by atoms with Gasteiger partial charge in [-0.25, -0.2) is 0 Å². The van der Waals surface area contributed by atoms with Gasteiger partial charge >= 0.3 is 5.97 Å². The molecule has 0 N–H and O–H groups in total. The zero-order valence-corrected chi connectivity index (χ0v) is 9.33. The summed E-state index contributed by atoms with van der Waals surface area (Å²) < 4.78 is 4.80. The molecular formula is C12H18O2. The van der Waals surface area contributed by atoms with E-state index in [4.69, 9.17) is 4.74 Å². The SMILES string of the molecule is COC(=O)C(C)(C)[C@H]1C=CCC(C)=C1. The van der Waals surface area contributed by atoms with E-state index in [9.17, 15) is 4.79 Å². The summed E-state index contributed by atoms with van der Waals surface area (Å²) in [6.07, 6.45) is 7.35. The van der Waals surface area contributed by atoms with Gasteiger partial charge in [0, 0.05) is 5.92 Å². The summed E-state index contributed by atoms with van der Waals surface area (Å²) in [6.45, 7) is 5.93. The fourth-order valence-corrected chi connectivity index (χ4v) is 1.68. The second-order valence-electron chi connectivity index (χ2n) is 4.38. The van der Waals surface area contributed by atoms with Crippen LogP contribution in [0.4, 0.5) is 0 Å². The molecule has 0 aromatic rings. The maximum atomic E-state index is 11.6. The molecule has 2 heteroatoms. The Morgan fingerprint density at radius 2 is 2.21 bits per heavy atom. The Labute approximate surface area is 85.6 Å². The van der Waals surface area contributed by atoms with Crippen LogP contribution in [0.2, 0.25) is 0 Å². The van der Waals surface area contributed by atoms with Gasteiger partial charge in [0.1, 0.15) is 0 Å². The molecule has 2 nitrogen and oxygen atoms in total. The predicted octanol–water partition coefficient (Wildman–Crippen LogP) is 2.71. The Morgan fingerprint density at radius 1 is 1.57 bits per heavy atom. The van der Waals surface area contributed by atoms with Crippen molar-refractivity contribution < 1.29 is 9.53 Å². The Hall–Kier alpha value is -1.05. The zero-order valence-electron chi connectivity index (χ0n) is 9.33. The highest BCUT2D eigenvalue weighted by Crippen LogP contribution is 2.33. The lowest BCUT2D eigenvalue weighted by Gasteiger charge is -2.29. The third-order valence-electron chi connectivity index (χ3n) is 2.79. The maximum Gasteiger partial charge on any atom is 0.312 e. The molecule has 14 heavy (non-hydrogen) atoms. The Bertz CT molecular complexity index is 285. The van der Waals surface area contributed by atoms with Crippen LogP contribution in [0, 0.1) is 11.3 Å². The van der Waals surface area contributed by atoms with Crippen molar-refractivity contribution in [2.75, 3.05) is 7.11 Å². The fourth-order valence-electron chi connectivity index (χ4n) is 1.68. The molecule has 0 unspecified atom stereocenters. The van der Waals surface area contributed by atoms with Crippen LogP contribution in [0.5, 0.6) is 0 Å². The molecule has 0 saturated heterocycles. The van der Waals surface area contributed by atoms with Gasteiger partial charge in [-0.2, -0.15) is 0 Å². The van der Waals surface area contributed by atoms with Crippen LogP contribution < -0.4 is 0 Å². The van der Waals surface area contributed by atoms with E-state index >= 15 is 0 Å². The smallest absolute Gasteiger partial charge is 0.312 e. The van der Waals surface area contributed by atoms with Gasteiger partial charge in [0.05, 0.1) is 12.5 Å². The minimum Gasteiger partial charge on any atom is -0.469 e. The predicted molar refractivity (Wildman–Crippen MR) is 56.8 cm³/mol. The van der Waals surface area contributed by atoms with E-state index in [0.29, 0.717) is 0 Å². The number of hydrogen-bond acceptors (Lipinski definition) is 2. The van der Waals surface area contributed by atoms with E-state index in [-0.39, 0.29) is 11.9 Å². The topological polar surface area (TPSA) is 26.3 Å². The standard InChI is InChI=1S/C12H18O2/c1-9-6-5-7-10(8-9)12(2,3)11(13)14-4/h5,7-8,10H,6H2,1-4H3/t10-/m0/s1. The van der Waals surface area contributed by atoms with Gasteiger partial charge in [-0.15, -0.1) is 0 Å². The molecule has 0 aromatic heterocycles. The Morgan fingerprint density at radius 3 is 2.71 bits per heavy atom. The van der Waals surface area contributed by atoms with Gasteiger partial charge in [-0.3, -0.25) is 4.79 Å². The average Bonchev–Trinajstić information content (AvgIpc) is 2.16. The lowest BCUT2D eigenvalue weighted by atomic mass is 9.76. The molecule has 0 heterocycles. The van der Waals surface area contributed by atoms with E-state index in [1.54, 1.807) is 0 Å².